The second kappa shape index (κ2) is 7.35. The van der Waals surface area contributed by atoms with E-state index in [1.54, 1.807) is 13.4 Å². The van der Waals surface area contributed by atoms with Gasteiger partial charge < -0.3 is 10.1 Å². The first-order valence-electron chi connectivity index (χ1n) is 8.04. The zero-order valence-corrected chi connectivity index (χ0v) is 14.2. The highest BCUT2D eigenvalue weighted by atomic mass is 16.5. The van der Waals surface area contributed by atoms with Gasteiger partial charge in [0, 0.05) is 36.9 Å². The number of methoxy groups -OCH3 is 1. The summed E-state index contributed by atoms with van der Waals surface area (Å²) in [6.07, 6.45) is 5.21. The van der Waals surface area contributed by atoms with Crippen molar-refractivity contribution in [1.29, 1.82) is 0 Å². The van der Waals surface area contributed by atoms with Crippen LogP contribution in [-0.4, -0.2) is 45.0 Å². The molecule has 0 bridgehead atoms. The fourth-order valence-corrected chi connectivity index (χ4v) is 2.37. The minimum absolute atomic E-state index is 0.555. The number of hydrogen-bond donors (Lipinski definition) is 1. The molecule has 7 nitrogen and oxygen atoms in total. The van der Waals surface area contributed by atoms with Crippen LogP contribution in [0, 0.1) is 5.92 Å². The SMILES string of the molecule is COCCn1ncc2cc(-c3cc(NCC(C)C)ncn3)cnc21. The summed E-state index contributed by atoms with van der Waals surface area (Å²) in [5.74, 6) is 1.38. The van der Waals surface area contributed by atoms with Gasteiger partial charge in [-0.25, -0.2) is 19.6 Å². The average Bonchev–Trinajstić information content (AvgIpc) is 3.00. The number of nitrogens with zero attached hydrogens (tertiary/aromatic N) is 5. The maximum atomic E-state index is 5.10. The van der Waals surface area contributed by atoms with Crippen molar-refractivity contribution in [1.82, 2.24) is 24.7 Å². The Hall–Kier alpha value is -2.54. The van der Waals surface area contributed by atoms with Crippen LogP contribution in [0.3, 0.4) is 0 Å². The minimum Gasteiger partial charge on any atom is -0.383 e. The molecule has 0 fully saturated rings. The Morgan fingerprint density at radius 3 is 2.83 bits per heavy atom. The first kappa shape index (κ1) is 16.3. The Bertz CT molecular complexity index is 814. The zero-order chi connectivity index (χ0) is 16.9. The van der Waals surface area contributed by atoms with Gasteiger partial charge in [-0.1, -0.05) is 13.8 Å². The van der Waals surface area contributed by atoms with Crippen molar-refractivity contribution in [2.75, 3.05) is 25.6 Å². The van der Waals surface area contributed by atoms with Crippen LogP contribution in [0.1, 0.15) is 13.8 Å². The summed E-state index contributed by atoms with van der Waals surface area (Å²) < 4.78 is 6.94. The van der Waals surface area contributed by atoms with Crippen molar-refractivity contribution in [2.45, 2.75) is 20.4 Å². The number of pyridine rings is 1. The van der Waals surface area contributed by atoms with Gasteiger partial charge >= 0.3 is 0 Å². The van der Waals surface area contributed by atoms with Crippen LogP contribution in [0.25, 0.3) is 22.3 Å². The Morgan fingerprint density at radius 2 is 2.04 bits per heavy atom. The second-order valence-electron chi connectivity index (χ2n) is 6.06. The Labute approximate surface area is 141 Å². The molecule has 0 atom stereocenters. The lowest BCUT2D eigenvalue weighted by Crippen LogP contribution is -2.09. The van der Waals surface area contributed by atoms with Gasteiger partial charge in [-0.05, 0) is 12.0 Å². The van der Waals surface area contributed by atoms with Crippen molar-refractivity contribution in [3.8, 4) is 11.3 Å². The lowest BCUT2D eigenvalue weighted by Gasteiger charge is -2.09. The lowest BCUT2D eigenvalue weighted by atomic mass is 10.1. The zero-order valence-electron chi connectivity index (χ0n) is 14.2. The predicted molar refractivity (Wildman–Crippen MR) is 93.8 cm³/mol. The van der Waals surface area contributed by atoms with Crippen molar-refractivity contribution in [3.05, 3.63) is 30.9 Å². The van der Waals surface area contributed by atoms with Crippen molar-refractivity contribution < 1.29 is 4.74 Å². The molecule has 0 amide bonds. The topological polar surface area (TPSA) is 77.8 Å². The fraction of sp³-hybridized carbons (Fsp3) is 0.412. The maximum Gasteiger partial charge on any atom is 0.157 e. The van der Waals surface area contributed by atoms with Crippen molar-refractivity contribution in [3.63, 3.8) is 0 Å². The maximum absolute atomic E-state index is 5.10. The van der Waals surface area contributed by atoms with E-state index in [0.29, 0.717) is 19.1 Å². The van der Waals surface area contributed by atoms with E-state index in [0.717, 1.165) is 34.7 Å². The summed E-state index contributed by atoms with van der Waals surface area (Å²) in [4.78, 5) is 13.2. The molecule has 0 aliphatic heterocycles. The molecule has 0 aliphatic carbocycles. The third-order valence-corrected chi connectivity index (χ3v) is 3.64. The first-order chi connectivity index (χ1) is 11.7. The molecular weight excluding hydrogens is 304 g/mol. The highest BCUT2D eigenvalue weighted by Crippen LogP contribution is 2.22. The average molecular weight is 326 g/mol. The molecule has 0 saturated heterocycles. The molecule has 0 unspecified atom stereocenters. The smallest absolute Gasteiger partial charge is 0.157 e. The molecule has 0 saturated carbocycles. The van der Waals surface area contributed by atoms with Gasteiger partial charge in [0.25, 0.3) is 0 Å². The van der Waals surface area contributed by atoms with E-state index in [1.165, 1.54) is 0 Å². The Balaban J connectivity index is 1.85. The molecule has 3 aromatic heterocycles. The molecule has 126 valence electrons. The number of hydrogen-bond acceptors (Lipinski definition) is 6. The van der Waals surface area contributed by atoms with Crippen LogP contribution < -0.4 is 5.32 Å². The first-order valence-corrected chi connectivity index (χ1v) is 8.04. The van der Waals surface area contributed by atoms with Crippen LogP contribution in [0.4, 0.5) is 5.82 Å². The molecular formula is C17H22N6O. The largest absolute Gasteiger partial charge is 0.383 e. The number of rotatable bonds is 7. The lowest BCUT2D eigenvalue weighted by molar-refractivity contribution is 0.184. The quantitative estimate of drug-likeness (QED) is 0.719. The number of aromatic nitrogens is 5. The van der Waals surface area contributed by atoms with Gasteiger partial charge in [-0.15, -0.1) is 0 Å². The van der Waals surface area contributed by atoms with Gasteiger partial charge in [0.2, 0.25) is 0 Å². The Kier molecular flexibility index (Phi) is 5.00. The number of fused-ring (bicyclic) bond motifs is 1. The molecule has 0 spiro atoms. The summed E-state index contributed by atoms with van der Waals surface area (Å²) in [5.41, 5.74) is 2.64. The third-order valence-electron chi connectivity index (χ3n) is 3.64. The molecule has 3 heterocycles. The molecule has 0 aromatic carbocycles. The van der Waals surface area contributed by atoms with Crippen LogP contribution in [0.5, 0.6) is 0 Å². The molecule has 3 aromatic rings. The highest BCUT2D eigenvalue weighted by molar-refractivity contribution is 5.80. The van der Waals surface area contributed by atoms with Gasteiger partial charge in [-0.2, -0.15) is 5.10 Å². The van der Waals surface area contributed by atoms with E-state index < -0.39 is 0 Å². The van der Waals surface area contributed by atoms with E-state index in [-0.39, 0.29) is 0 Å². The highest BCUT2D eigenvalue weighted by Gasteiger charge is 2.08. The minimum atomic E-state index is 0.555. The van der Waals surface area contributed by atoms with Gasteiger partial charge in [-0.3, -0.25) is 0 Å². The predicted octanol–water partition coefficient (Wildman–Crippen LogP) is 2.60. The standard InChI is InChI=1S/C17H22N6O/c1-12(2)8-18-16-7-15(20-11-21-16)13-6-14-10-22-23(4-5-24-3)17(14)19-9-13/h6-7,9-12H,4-5,8H2,1-3H3,(H,18,20,21). The summed E-state index contributed by atoms with van der Waals surface area (Å²) in [6, 6.07) is 3.99. The van der Waals surface area contributed by atoms with E-state index >= 15 is 0 Å². The Morgan fingerprint density at radius 1 is 1.17 bits per heavy atom. The van der Waals surface area contributed by atoms with Crippen LogP contribution in [0.2, 0.25) is 0 Å². The van der Waals surface area contributed by atoms with Crippen LogP contribution in [0.15, 0.2) is 30.9 Å². The summed E-state index contributed by atoms with van der Waals surface area (Å²) in [6.45, 7) is 6.49. The number of anilines is 1. The summed E-state index contributed by atoms with van der Waals surface area (Å²) >= 11 is 0. The molecule has 3 rings (SSSR count). The van der Waals surface area contributed by atoms with Crippen LogP contribution >= 0.6 is 0 Å². The second-order valence-corrected chi connectivity index (χ2v) is 6.06. The molecule has 0 radical (unpaired) electrons. The van der Waals surface area contributed by atoms with Gasteiger partial charge in [0.1, 0.15) is 12.1 Å². The van der Waals surface area contributed by atoms with E-state index in [9.17, 15) is 0 Å². The normalized spacial score (nSPS) is 11.3. The van der Waals surface area contributed by atoms with E-state index in [2.05, 4.69) is 39.2 Å². The van der Waals surface area contributed by atoms with Gasteiger partial charge in [0.05, 0.1) is 25.0 Å². The van der Waals surface area contributed by atoms with E-state index in [1.807, 2.05) is 29.2 Å². The molecule has 7 heteroatoms. The fourth-order valence-electron chi connectivity index (χ4n) is 2.37. The summed E-state index contributed by atoms with van der Waals surface area (Å²) in [7, 11) is 1.68. The number of nitrogens with one attached hydrogen (secondary N) is 1. The number of ether oxygens (including phenoxy) is 1. The molecule has 24 heavy (non-hydrogen) atoms. The molecule has 0 aliphatic rings. The molecule has 1 N–H and O–H groups in total. The summed E-state index contributed by atoms with van der Waals surface area (Å²) in [5, 5.41) is 8.66. The van der Waals surface area contributed by atoms with Crippen LogP contribution in [-0.2, 0) is 11.3 Å². The third kappa shape index (κ3) is 3.68. The van der Waals surface area contributed by atoms with E-state index in [4.69, 9.17) is 4.74 Å². The van der Waals surface area contributed by atoms with Crippen molar-refractivity contribution >= 4 is 16.9 Å². The van der Waals surface area contributed by atoms with Crippen molar-refractivity contribution in [2.24, 2.45) is 5.92 Å². The monoisotopic (exact) mass is 326 g/mol. The van der Waals surface area contributed by atoms with Gasteiger partial charge in [0.15, 0.2) is 5.65 Å².